The number of carbonyl (C=O) groups is 2. The summed E-state index contributed by atoms with van der Waals surface area (Å²) in [6, 6.07) is 31.9. The van der Waals surface area contributed by atoms with E-state index in [9.17, 15) is 14.7 Å². The highest BCUT2D eigenvalue weighted by atomic mass is 32.2. The summed E-state index contributed by atoms with van der Waals surface area (Å²) in [7, 11) is -0.688. The highest BCUT2D eigenvalue weighted by Crippen LogP contribution is 2.58. The first-order valence-corrected chi connectivity index (χ1v) is 13.9. The van der Waals surface area contributed by atoms with Crippen molar-refractivity contribution in [2.45, 2.75) is 28.2 Å². The lowest BCUT2D eigenvalue weighted by atomic mass is 9.98. The molecular formula is C31H27NO4S. The molecule has 1 aliphatic heterocycles. The number of rotatable bonds is 7. The van der Waals surface area contributed by atoms with E-state index < -0.39 is 29.0 Å². The molecule has 0 aromatic heterocycles. The van der Waals surface area contributed by atoms with Crippen molar-refractivity contribution in [3.63, 3.8) is 0 Å². The van der Waals surface area contributed by atoms with Gasteiger partial charge < -0.3 is 15.2 Å². The lowest BCUT2D eigenvalue weighted by molar-refractivity contribution is -0.139. The molecule has 0 spiro atoms. The maximum Gasteiger partial charge on any atom is 0.407 e. The van der Waals surface area contributed by atoms with E-state index in [1.807, 2.05) is 48.5 Å². The van der Waals surface area contributed by atoms with Crippen molar-refractivity contribution in [3.05, 3.63) is 108 Å². The first-order valence-electron chi connectivity index (χ1n) is 12.4. The number of carboxylic acid groups (broad SMARTS) is 1. The van der Waals surface area contributed by atoms with Crippen LogP contribution in [0.5, 0.6) is 0 Å². The number of carbonyl (C=O) groups excluding carboxylic acids is 1. The van der Waals surface area contributed by atoms with Crippen LogP contribution in [-0.4, -0.2) is 35.6 Å². The predicted octanol–water partition coefficient (Wildman–Crippen LogP) is 6.47. The van der Waals surface area contributed by atoms with E-state index in [2.05, 4.69) is 53.8 Å². The van der Waals surface area contributed by atoms with Crippen molar-refractivity contribution < 1.29 is 19.4 Å². The standard InChI is InChI=1S/C31H27NO4S/c33-30(34)27(17-18-37-28-15-7-5-13-24(28)25-14-6-8-16-29(25)37)32-31(35)36-19-26-22-11-3-1-9-20(22)21-10-2-4-12-23(21)26/h1-16,26-27,37H,17-19H2,(H,32,35)(H,33,34)/t27-/m0/s1. The Labute approximate surface area is 218 Å². The Bertz CT molecular complexity index is 1410. The molecule has 4 aromatic rings. The first kappa shape index (κ1) is 23.4. The molecule has 4 aromatic carbocycles. The van der Waals surface area contributed by atoms with Gasteiger partial charge in [-0.3, -0.25) is 0 Å². The monoisotopic (exact) mass is 509 g/mol. The Morgan fingerprint density at radius 3 is 1.78 bits per heavy atom. The summed E-state index contributed by atoms with van der Waals surface area (Å²) >= 11 is 0. The Kier molecular flexibility index (Phi) is 6.18. The van der Waals surface area contributed by atoms with Gasteiger partial charge in [-0.15, -0.1) is 0 Å². The van der Waals surface area contributed by atoms with Gasteiger partial charge in [-0.25, -0.2) is 9.59 Å². The van der Waals surface area contributed by atoms with E-state index >= 15 is 0 Å². The van der Waals surface area contributed by atoms with Gasteiger partial charge in [0.1, 0.15) is 12.6 Å². The molecule has 5 nitrogen and oxygen atoms in total. The Morgan fingerprint density at radius 1 is 0.757 bits per heavy atom. The van der Waals surface area contributed by atoms with Crippen LogP contribution >= 0.6 is 10.9 Å². The molecule has 37 heavy (non-hydrogen) atoms. The topological polar surface area (TPSA) is 75.6 Å². The molecule has 1 atom stereocenters. The molecular weight excluding hydrogens is 482 g/mol. The van der Waals surface area contributed by atoms with Crippen molar-refractivity contribution >= 4 is 23.0 Å². The molecule has 1 amide bonds. The van der Waals surface area contributed by atoms with Gasteiger partial charge in [0.05, 0.1) is 0 Å². The van der Waals surface area contributed by atoms with Crippen molar-refractivity contribution in [1.82, 2.24) is 5.32 Å². The molecule has 2 N–H and O–H groups in total. The molecule has 1 heterocycles. The van der Waals surface area contributed by atoms with E-state index in [1.54, 1.807) is 0 Å². The number of benzene rings is 4. The molecule has 0 radical (unpaired) electrons. The zero-order valence-corrected chi connectivity index (χ0v) is 21.0. The van der Waals surface area contributed by atoms with Gasteiger partial charge in [0.2, 0.25) is 0 Å². The van der Waals surface area contributed by atoms with Gasteiger partial charge in [-0.05, 0) is 67.5 Å². The fraction of sp³-hybridized carbons (Fsp3) is 0.161. The van der Waals surface area contributed by atoms with E-state index in [0.29, 0.717) is 12.2 Å². The molecule has 2 aliphatic rings. The number of hydrogen-bond donors (Lipinski definition) is 3. The van der Waals surface area contributed by atoms with Crippen LogP contribution in [-0.2, 0) is 9.53 Å². The van der Waals surface area contributed by atoms with E-state index in [-0.39, 0.29) is 12.5 Å². The van der Waals surface area contributed by atoms with Gasteiger partial charge >= 0.3 is 12.1 Å². The summed E-state index contributed by atoms with van der Waals surface area (Å²) in [5.74, 6) is -0.454. The maximum atomic E-state index is 12.7. The Balaban J connectivity index is 1.12. The summed E-state index contributed by atoms with van der Waals surface area (Å²) in [5.41, 5.74) is 6.98. The van der Waals surface area contributed by atoms with Gasteiger partial charge in [0, 0.05) is 5.92 Å². The van der Waals surface area contributed by atoms with Crippen LogP contribution < -0.4 is 5.32 Å². The van der Waals surface area contributed by atoms with E-state index in [1.165, 1.54) is 20.9 Å². The summed E-state index contributed by atoms with van der Waals surface area (Å²) in [4.78, 5) is 27.3. The zero-order chi connectivity index (χ0) is 25.4. The minimum atomic E-state index is -1.05. The largest absolute Gasteiger partial charge is 0.480 e. The maximum absolute atomic E-state index is 12.7. The average molecular weight is 510 g/mol. The highest BCUT2D eigenvalue weighted by Gasteiger charge is 2.31. The molecule has 6 heteroatoms. The quantitative estimate of drug-likeness (QED) is 0.250. The van der Waals surface area contributed by atoms with Gasteiger partial charge in [0.25, 0.3) is 0 Å². The normalized spacial score (nSPS) is 14.8. The number of aliphatic carboxylic acids is 1. The number of amides is 1. The summed E-state index contributed by atoms with van der Waals surface area (Å²) in [5, 5.41) is 12.5. The van der Waals surface area contributed by atoms with Crippen molar-refractivity contribution in [3.8, 4) is 22.3 Å². The lowest BCUT2D eigenvalue weighted by Gasteiger charge is -2.22. The average Bonchev–Trinajstić information content (AvgIpc) is 3.42. The second-order valence-corrected chi connectivity index (χ2v) is 11.6. The third-order valence-electron chi connectivity index (χ3n) is 7.26. The van der Waals surface area contributed by atoms with Gasteiger partial charge in [-0.1, -0.05) is 84.9 Å². The molecule has 0 saturated carbocycles. The third-order valence-corrected chi connectivity index (χ3v) is 9.90. The highest BCUT2D eigenvalue weighted by molar-refractivity contribution is 8.17. The predicted molar refractivity (Wildman–Crippen MR) is 147 cm³/mol. The smallest absolute Gasteiger partial charge is 0.407 e. The fourth-order valence-corrected chi connectivity index (χ4v) is 8.30. The molecule has 0 fully saturated rings. The number of ether oxygens (including phenoxy) is 1. The van der Waals surface area contributed by atoms with Crippen molar-refractivity contribution in [2.24, 2.45) is 0 Å². The molecule has 186 valence electrons. The third kappa shape index (κ3) is 4.27. The molecule has 0 saturated heterocycles. The molecule has 0 bridgehead atoms. The number of nitrogens with one attached hydrogen (secondary N) is 1. The van der Waals surface area contributed by atoms with Gasteiger partial charge in [-0.2, -0.15) is 10.9 Å². The minimum Gasteiger partial charge on any atom is -0.480 e. The summed E-state index contributed by atoms with van der Waals surface area (Å²) in [6.07, 6.45) is -0.372. The molecule has 6 rings (SSSR count). The van der Waals surface area contributed by atoms with Crippen LogP contribution in [0.15, 0.2) is 107 Å². The zero-order valence-electron chi connectivity index (χ0n) is 20.1. The van der Waals surface area contributed by atoms with Crippen molar-refractivity contribution in [2.75, 3.05) is 12.4 Å². The molecule has 1 aliphatic carbocycles. The second kappa shape index (κ2) is 9.79. The summed E-state index contributed by atoms with van der Waals surface area (Å²) in [6.45, 7) is 0.152. The number of fused-ring (bicyclic) bond motifs is 6. The van der Waals surface area contributed by atoms with Crippen LogP contribution in [0, 0.1) is 0 Å². The van der Waals surface area contributed by atoms with Crippen LogP contribution in [0.2, 0.25) is 0 Å². The van der Waals surface area contributed by atoms with Crippen molar-refractivity contribution in [1.29, 1.82) is 0 Å². The molecule has 0 unspecified atom stereocenters. The van der Waals surface area contributed by atoms with Crippen LogP contribution in [0.25, 0.3) is 22.3 Å². The van der Waals surface area contributed by atoms with Crippen LogP contribution in [0.1, 0.15) is 23.5 Å². The number of alkyl carbamates (subject to hydrolysis) is 1. The number of thiol groups is 1. The Morgan fingerprint density at radius 2 is 1.24 bits per heavy atom. The Hall–Kier alpha value is -4.03. The van der Waals surface area contributed by atoms with E-state index in [4.69, 9.17) is 4.74 Å². The van der Waals surface area contributed by atoms with Crippen LogP contribution in [0.4, 0.5) is 4.79 Å². The van der Waals surface area contributed by atoms with Gasteiger partial charge in [0.15, 0.2) is 0 Å². The number of hydrogen-bond acceptors (Lipinski definition) is 3. The number of carboxylic acids is 1. The second-order valence-electron chi connectivity index (χ2n) is 9.34. The fourth-order valence-electron chi connectivity index (χ4n) is 5.54. The minimum absolute atomic E-state index is 0.0728. The summed E-state index contributed by atoms with van der Waals surface area (Å²) < 4.78 is 5.60. The van der Waals surface area contributed by atoms with E-state index in [0.717, 1.165) is 22.3 Å². The van der Waals surface area contributed by atoms with Crippen LogP contribution in [0.3, 0.4) is 0 Å². The first-order chi connectivity index (χ1) is 18.1. The SMILES string of the molecule is O=C(N[C@@H](CC[SH]1c2ccccc2-c2ccccc21)C(=O)O)OCC1c2ccccc2-c2ccccc21. The lowest BCUT2D eigenvalue weighted by Crippen LogP contribution is -2.42.